The Labute approximate surface area is 129 Å². The minimum atomic E-state index is -0.0492. The van der Waals surface area contributed by atoms with E-state index in [1.54, 1.807) is 37.3 Å². The Morgan fingerprint density at radius 3 is 2.64 bits per heavy atom. The maximum Gasteiger partial charge on any atom is 0.253 e. The Bertz CT molecular complexity index is 646. The van der Waals surface area contributed by atoms with Gasteiger partial charge in [0.15, 0.2) is 0 Å². The second kappa shape index (κ2) is 6.13. The molecule has 0 fully saturated rings. The summed E-state index contributed by atoms with van der Waals surface area (Å²) in [4.78, 5) is 14.3. The fraction of sp³-hybridized carbons (Fsp3) is 0.467. The number of benzene rings is 1. The van der Waals surface area contributed by atoms with E-state index in [0.29, 0.717) is 23.5 Å². The molecule has 0 aliphatic heterocycles. The van der Waals surface area contributed by atoms with Crippen LogP contribution < -0.4 is 4.74 Å². The summed E-state index contributed by atoms with van der Waals surface area (Å²) in [6.07, 6.45) is 1.46. The number of hydrogen-bond acceptors (Lipinski definition) is 5. The summed E-state index contributed by atoms with van der Waals surface area (Å²) in [5, 5.41) is 11.1. The first-order chi connectivity index (χ1) is 10.3. The third-order valence-corrected chi connectivity index (χ3v) is 3.08. The minimum Gasteiger partial charge on any atom is -0.494 e. The molecule has 0 aliphatic rings. The number of amides is 1. The van der Waals surface area contributed by atoms with Crippen molar-refractivity contribution in [1.29, 1.82) is 0 Å². The minimum absolute atomic E-state index is 0.0372. The fourth-order valence-corrected chi connectivity index (χ4v) is 2.28. The molecule has 0 atom stereocenters. The zero-order valence-electron chi connectivity index (χ0n) is 13.6. The molecule has 0 saturated heterocycles. The summed E-state index contributed by atoms with van der Waals surface area (Å²) in [7, 11) is 3.37. The molecule has 7 heteroatoms. The molecule has 1 aromatic heterocycles. The van der Waals surface area contributed by atoms with E-state index in [0.717, 1.165) is 0 Å². The largest absolute Gasteiger partial charge is 0.494 e. The standard InChI is InChI=1S/C15H21N5O2/c1-15(2,3)9-19(4)14(21)11-6-7-13(22-5)12(8-11)20-10-16-17-18-20/h6-8,10H,9H2,1-5H3. The molecule has 0 spiro atoms. The number of aromatic nitrogens is 4. The molecule has 0 N–H and O–H groups in total. The molecule has 1 aromatic carbocycles. The predicted octanol–water partition coefficient (Wildman–Crippen LogP) is 1.79. The Balaban J connectivity index is 2.33. The summed E-state index contributed by atoms with van der Waals surface area (Å²) < 4.78 is 6.78. The number of ether oxygens (including phenoxy) is 1. The molecule has 2 aromatic rings. The lowest BCUT2D eigenvalue weighted by molar-refractivity contribution is 0.0745. The van der Waals surface area contributed by atoms with Crippen molar-refractivity contribution in [3.05, 3.63) is 30.1 Å². The molecule has 0 unspecified atom stereocenters. The monoisotopic (exact) mass is 303 g/mol. The predicted molar refractivity (Wildman–Crippen MR) is 82.1 cm³/mol. The zero-order valence-corrected chi connectivity index (χ0v) is 13.6. The number of hydrogen-bond donors (Lipinski definition) is 0. The Morgan fingerprint density at radius 1 is 1.36 bits per heavy atom. The lowest BCUT2D eigenvalue weighted by Gasteiger charge is -2.26. The van der Waals surface area contributed by atoms with Gasteiger partial charge in [-0.2, -0.15) is 4.68 Å². The second-order valence-electron chi connectivity index (χ2n) is 6.36. The van der Waals surface area contributed by atoms with E-state index in [-0.39, 0.29) is 11.3 Å². The van der Waals surface area contributed by atoms with Crippen LogP contribution in [0.3, 0.4) is 0 Å². The highest BCUT2D eigenvalue weighted by molar-refractivity contribution is 5.95. The maximum atomic E-state index is 12.6. The van der Waals surface area contributed by atoms with Gasteiger partial charge < -0.3 is 9.64 Å². The van der Waals surface area contributed by atoms with E-state index in [4.69, 9.17) is 4.74 Å². The average molecular weight is 303 g/mol. The first kappa shape index (κ1) is 15.9. The molecular weight excluding hydrogens is 282 g/mol. The molecule has 0 bridgehead atoms. The van der Waals surface area contributed by atoms with Crippen LogP contribution in [0.4, 0.5) is 0 Å². The zero-order chi connectivity index (χ0) is 16.3. The number of nitrogens with zero attached hydrogens (tertiary/aromatic N) is 5. The van der Waals surface area contributed by atoms with Crippen LogP contribution in [0, 0.1) is 5.41 Å². The molecule has 1 amide bonds. The van der Waals surface area contributed by atoms with Gasteiger partial charge >= 0.3 is 0 Å². The molecule has 0 saturated carbocycles. The highest BCUT2D eigenvalue weighted by Gasteiger charge is 2.20. The molecular formula is C15H21N5O2. The third kappa shape index (κ3) is 3.60. The molecule has 0 radical (unpaired) electrons. The molecule has 0 aliphatic carbocycles. The molecule has 118 valence electrons. The van der Waals surface area contributed by atoms with Crippen LogP contribution in [0.25, 0.3) is 5.69 Å². The Kier molecular flexibility index (Phi) is 4.44. The van der Waals surface area contributed by atoms with Crippen LogP contribution in [-0.2, 0) is 0 Å². The summed E-state index contributed by atoms with van der Waals surface area (Å²) >= 11 is 0. The second-order valence-corrected chi connectivity index (χ2v) is 6.36. The van der Waals surface area contributed by atoms with Crippen molar-refractivity contribution in [2.75, 3.05) is 20.7 Å². The number of carbonyl (C=O) groups is 1. The van der Waals surface area contributed by atoms with E-state index in [1.165, 1.54) is 11.0 Å². The van der Waals surface area contributed by atoms with Crippen molar-refractivity contribution in [2.24, 2.45) is 5.41 Å². The van der Waals surface area contributed by atoms with Gasteiger partial charge in [-0.05, 0) is 34.0 Å². The lowest BCUT2D eigenvalue weighted by atomic mass is 9.96. The van der Waals surface area contributed by atoms with E-state index in [9.17, 15) is 4.79 Å². The van der Waals surface area contributed by atoms with Gasteiger partial charge in [-0.25, -0.2) is 0 Å². The van der Waals surface area contributed by atoms with Gasteiger partial charge in [-0.3, -0.25) is 4.79 Å². The number of methoxy groups -OCH3 is 1. The van der Waals surface area contributed by atoms with Crippen molar-refractivity contribution < 1.29 is 9.53 Å². The summed E-state index contributed by atoms with van der Waals surface area (Å²) in [6, 6.07) is 5.22. The van der Waals surface area contributed by atoms with Gasteiger partial charge in [0.25, 0.3) is 5.91 Å². The molecule has 7 nitrogen and oxygen atoms in total. The summed E-state index contributed by atoms with van der Waals surface area (Å²) in [6.45, 7) is 6.95. The number of tetrazole rings is 1. The van der Waals surface area contributed by atoms with Gasteiger partial charge in [0, 0.05) is 19.2 Å². The normalized spacial score (nSPS) is 11.3. The van der Waals surface area contributed by atoms with Crippen LogP contribution in [-0.4, -0.2) is 51.7 Å². The van der Waals surface area contributed by atoms with Gasteiger partial charge in [0.05, 0.1) is 7.11 Å². The average Bonchev–Trinajstić information content (AvgIpc) is 2.98. The number of rotatable bonds is 4. The quantitative estimate of drug-likeness (QED) is 0.861. The van der Waals surface area contributed by atoms with Crippen molar-refractivity contribution >= 4 is 5.91 Å². The molecule has 1 heterocycles. The van der Waals surface area contributed by atoms with E-state index in [1.807, 2.05) is 0 Å². The van der Waals surface area contributed by atoms with Crippen molar-refractivity contribution in [3.63, 3.8) is 0 Å². The van der Waals surface area contributed by atoms with Crippen LogP contribution in [0.15, 0.2) is 24.5 Å². The van der Waals surface area contributed by atoms with Gasteiger partial charge in [0.2, 0.25) is 0 Å². The van der Waals surface area contributed by atoms with Crippen LogP contribution in [0.2, 0.25) is 0 Å². The highest BCUT2D eigenvalue weighted by atomic mass is 16.5. The van der Waals surface area contributed by atoms with Crippen molar-refractivity contribution in [2.45, 2.75) is 20.8 Å². The van der Waals surface area contributed by atoms with Crippen molar-refractivity contribution in [3.8, 4) is 11.4 Å². The fourth-order valence-electron chi connectivity index (χ4n) is 2.28. The van der Waals surface area contributed by atoms with Crippen LogP contribution in [0.1, 0.15) is 31.1 Å². The summed E-state index contributed by atoms with van der Waals surface area (Å²) in [5.74, 6) is 0.550. The van der Waals surface area contributed by atoms with Crippen LogP contribution >= 0.6 is 0 Å². The van der Waals surface area contributed by atoms with Gasteiger partial charge in [-0.15, -0.1) is 5.10 Å². The first-order valence-corrected chi connectivity index (χ1v) is 6.99. The lowest BCUT2D eigenvalue weighted by Crippen LogP contribution is -2.34. The molecule has 2 rings (SSSR count). The van der Waals surface area contributed by atoms with Crippen molar-refractivity contribution in [1.82, 2.24) is 25.1 Å². The first-order valence-electron chi connectivity index (χ1n) is 6.99. The third-order valence-electron chi connectivity index (χ3n) is 3.08. The van der Waals surface area contributed by atoms with E-state index in [2.05, 4.69) is 36.3 Å². The smallest absolute Gasteiger partial charge is 0.253 e. The maximum absolute atomic E-state index is 12.6. The van der Waals surface area contributed by atoms with Crippen LogP contribution in [0.5, 0.6) is 5.75 Å². The van der Waals surface area contributed by atoms with E-state index >= 15 is 0 Å². The van der Waals surface area contributed by atoms with Gasteiger partial charge in [0.1, 0.15) is 17.8 Å². The van der Waals surface area contributed by atoms with Gasteiger partial charge in [-0.1, -0.05) is 20.8 Å². The topological polar surface area (TPSA) is 73.1 Å². The number of carbonyl (C=O) groups excluding carboxylic acids is 1. The molecule has 22 heavy (non-hydrogen) atoms. The Morgan fingerprint density at radius 2 is 2.09 bits per heavy atom. The highest BCUT2D eigenvalue weighted by Crippen LogP contribution is 2.24. The Hall–Kier alpha value is -2.44. The summed E-state index contributed by atoms with van der Waals surface area (Å²) in [5.41, 5.74) is 1.23. The van der Waals surface area contributed by atoms with E-state index < -0.39 is 0 Å². The SMILES string of the molecule is COc1ccc(C(=O)N(C)CC(C)(C)C)cc1-n1cnnn1.